The molecule has 0 atom stereocenters. The highest BCUT2D eigenvalue weighted by molar-refractivity contribution is 7.80. The molecule has 23 heavy (non-hydrogen) atoms. The van der Waals surface area contributed by atoms with Crippen molar-refractivity contribution in [2.24, 2.45) is 0 Å². The number of nitrogens with one attached hydrogen (secondary N) is 1. The fourth-order valence-electron chi connectivity index (χ4n) is 2.27. The van der Waals surface area contributed by atoms with Crippen LogP contribution in [0.4, 0.5) is 10.5 Å². The molecule has 1 aromatic rings. The molecule has 0 saturated carbocycles. The highest BCUT2D eigenvalue weighted by Crippen LogP contribution is 2.13. The molecular formula is C16H24N4O2S. The Bertz CT molecular complexity index is 545. The van der Waals surface area contributed by atoms with Crippen LogP contribution in [-0.2, 0) is 4.74 Å². The van der Waals surface area contributed by atoms with Crippen LogP contribution in [0.15, 0.2) is 24.5 Å². The number of thiocarbonyl (C=S) groups is 1. The predicted octanol–water partition coefficient (Wildman–Crippen LogP) is 2.72. The van der Waals surface area contributed by atoms with Gasteiger partial charge in [-0.25, -0.2) is 4.79 Å². The summed E-state index contributed by atoms with van der Waals surface area (Å²) in [6, 6.07) is 3.78. The van der Waals surface area contributed by atoms with Gasteiger partial charge in [0.25, 0.3) is 0 Å². The van der Waals surface area contributed by atoms with Gasteiger partial charge in [0.05, 0.1) is 11.9 Å². The van der Waals surface area contributed by atoms with Gasteiger partial charge in [0.2, 0.25) is 0 Å². The van der Waals surface area contributed by atoms with Crippen molar-refractivity contribution in [3.05, 3.63) is 24.5 Å². The van der Waals surface area contributed by atoms with Crippen LogP contribution in [0.1, 0.15) is 27.2 Å². The van der Waals surface area contributed by atoms with Crippen LogP contribution in [0.3, 0.4) is 0 Å². The Hall–Kier alpha value is -1.89. The number of carbonyl (C=O) groups excluding carboxylic acids is 1. The van der Waals surface area contributed by atoms with E-state index in [1.807, 2.05) is 32.9 Å². The molecule has 2 heterocycles. The standard InChI is InChI=1S/C16H24N4O2S/c1-16(2,3)22-15(21)20-9-5-8-19(10-11-20)14(23)18-13-6-4-7-17-12-13/h4,6-7,12H,5,8-11H2,1-3H3,(H,18,23). The summed E-state index contributed by atoms with van der Waals surface area (Å²) in [5, 5.41) is 3.84. The SMILES string of the molecule is CC(C)(C)OC(=O)N1CCCN(C(=S)Nc2cccnc2)CC1. The molecule has 0 unspecified atom stereocenters. The summed E-state index contributed by atoms with van der Waals surface area (Å²) < 4.78 is 5.44. The van der Waals surface area contributed by atoms with Crippen molar-refractivity contribution >= 4 is 29.1 Å². The van der Waals surface area contributed by atoms with Gasteiger partial charge in [0.1, 0.15) is 5.60 Å². The van der Waals surface area contributed by atoms with Crippen LogP contribution in [0.2, 0.25) is 0 Å². The Balaban J connectivity index is 1.88. The molecule has 6 nitrogen and oxygen atoms in total. The van der Waals surface area contributed by atoms with Crippen molar-refractivity contribution in [1.29, 1.82) is 0 Å². The molecule has 1 saturated heterocycles. The van der Waals surface area contributed by atoms with Gasteiger partial charge in [0, 0.05) is 32.4 Å². The molecule has 1 N–H and O–H groups in total. The van der Waals surface area contributed by atoms with Crippen LogP contribution in [-0.4, -0.2) is 57.8 Å². The maximum atomic E-state index is 12.2. The fraction of sp³-hybridized carbons (Fsp3) is 0.562. The Labute approximate surface area is 142 Å². The third-order valence-electron chi connectivity index (χ3n) is 3.35. The summed E-state index contributed by atoms with van der Waals surface area (Å²) >= 11 is 5.46. The van der Waals surface area contributed by atoms with Gasteiger partial charge in [-0.2, -0.15) is 0 Å². The van der Waals surface area contributed by atoms with Gasteiger partial charge in [0.15, 0.2) is 5.11 Å². The number of anilines is 1. The monoisotopic (exact) mass is 336 g/mol. The quantitative estimate of drug-likeness (QED) is 0.796. The first kappa shape index (κ1) is 17.5. The van der Waals surface area contributed by atoms with Gasteiger partial charge >= 0.3 is 6.09 Å². The van der Waals surface area contributed by atoms with E-state index in [0.29, 0.717) is 24.7 Å². The molecule has 1 aliphatic heterocycles. The maximum absolute atomic E-state index is 12.2. The van der Waals surface area contributed by atoms with E-state index in [4.69, 9.17) is 17.0 Å². The largest absolute Gasteiger partial charge is 0.444 e. The van der Waals surface area contributed by atoms with Crippen molar-refractivity contribution in [3.63, 3.8) is 0 Å². The number of aromatic nitrogens is 1. The number of nitrogens with zero attached hydrogens (tertiary/aromatic N) is 3. The van der Waals surface area contributed by atoms with Crippen molar-refractivity contribution in [1.82, 2.24) is 14.8 Å². The molecule has 1 aliphatic rings. The Kier molecular flexibility index (Phi) is 5.76. The number of pyridine rings is 1. The number of amides is 1. The van der Waals surface area contributed by atoms with Crippen LogP contribution in [0, 0.1) is 0 Å². The van der Waals surface area contributed by atoms with Crippen molar-refractivity contribution in [2.45, 2.75) is 32.8 Å². The zero-order valence-corrected chi connectivity index (χ0v) is 14.7. The predicted molar refractivity (Wildman–Crippen MR) is 94.5 cm³/mol. The van der Waals surface area contributed by atoms with E-state index < -0.39 is 5.60 Å². The summed E-state index contributed by atoms with van der Waals surface area (Å²) in [6.45, 7) is 8.41. The summed E-state index contributed by atoms with van der Waals surface area (Å²) in [5.41, 5.74) is 0.394. The summed E-state index contributed by atoms with van der Waals surface area (Å²) in [7, 11) is 0. The maximum Gasteiger partial charge on any atom is 0.410 e. The fourth-order valence-corrected chi connectivity index (χ4v) is 2.57. The minimum Gasteiger partial charge on any atom is -0.444 e. The lowest BCUT2D eigenvalue weighted by atomic mass is 10.2. The summed E-state index contributed by atoms with van der Waals surface area (Å²) in [6.07, 6.45) is 4.05. The normalized spacial score (nSPS) is 15.8. The Morgan fingerprint density at radius 1 is 1.26 bits per heavy atom. The second kappa shape index (κ2) is 7.59. The lowest BCUT2D eigenvalue weighted by molar-refractivity contribution is 0.0260. The zero-order valence-electron chi connectivity index (χ0n) is 13.9. The van der Waals surface area contributed by atoms with E-state index in [0.717, 1.165) is 18.7 Å². The number of rotatable bonds is 1. The van der Waals surface area contributed by atoms with Crippen LogP contribution < -0.4 is 5.32 Å². The summed E-state index contributed by atoms with van der Waals surface area (Å²) in [5.74, 6) is 0. The average molecular weight is 336 g/mol. The van der Waals surface area contributed by atoms with Crippen LogP contribution in [0.5, 0.6) is 0 Å². The summed E-state index contributed by atoms with van der Waals surface area (Å²) in [4.78, 5) is 20.0. The first-order chi connectivity index (χ1) is 10.8. The molecule has 1 aromatic heterocycles. The average Bonchev–Trinajstić information content (AvgIpc) is 2.72. The van der Waals surface area contributed by atoms with Gasteiger partial charge in [-0.3, -0.25) is 4.98 Å². The lowest BCUT2D eigenvalue weighted by Gasteiger charge is -2.27. The highest BCUT2D eigenvalue weighted by atomic mass is 32.1. The molecule has 0 aliphatic carbocycles. The van der Waals surface area contributed by atoms with Gasteiger partial charge < -0.3 is 19.9 Å². The van der Waals surface area contributed by atoms with Crippen molar-refractivity contribution in [3.8, 4) is 0 Å². The number of hydrogen-bond acceptors (Lipinski definition) is 4. The van der Waals surface area contributed by atoms with E-state index >= 15 is 0 Å². The van der Waals surface area contributed by atoms with Gasteiger partial charge in [-0.1, -0.05) is 0 Å². The van der Waals surface area contributed by atoms with Crippen LogP contribution in [0.25, 0.3) is 0 Å². The number of hydrogen-bond donors (Lipinski definition) is 1. The van der Waals surface area contributed by atoms with E-state index in [1.54, 1.807) is 17.3 Å². The van der Waals surface area contributed by atoms with Gasteiger partial charge in [-0.15, -0.1) is 0 Å². The highest BCUT2D eigenvalue weighted by Gasteiger charge is 2.25. The zero-order chi connectivity index (χ0) is 16.9. The second-order valence-electron chi connectivity index (χ2n) is 6.48. The molecule has 2 rings (SSSR count). The second-order valence-corrected chi connectivity index (χ2v) is 6.87. The molecule has 0 bridgehead atoms. The Morgan fingerprint density at radius 2 is 1.96 bits per heavy atom. The van der Waals surface area contributed by atoms with Crippen molar-refractivity contribution < 1.29 is 9.53 Å². The third-order valence-corrected chi connectivity index (χ3v) is 3.71. The third kappa shape index (κ3) is 5.67. The molecule has 1 amide bonds. The van der Waals surface area contributed by atoms with Crippen LogP contribution >= 0.6 is 12.2 Å². The molecule has 1 fully saturated rings. The minimum atomic E-state index is -0.472. The molecule has 126 valence electrons. The number of carbonyl (C=O) groups is 1. The first-order valence-electron chi connectivity index (χ1n) is 7.79. The minimum absolute atomic E-state index is 0.259. The number of ether oxygens (including phenoxy) is 1. The molecule has 0 spiro atoms. The van der Waals surface area contributed by atoms with E-state index in [-0.39, 0.29) is 6.09 Å². The van der Waals surface area contributed by atoms with Gasteiger partial charge in [-0.05, 0) is 51.5 Å². The first-order valence-corrected chi connectivity index (χ1v) is 8.20. The van der Waals surface area contributed by atoms with E-state index in [2.05, 4.69) is 15.2 Å². The topological polar surface area (TPSA) is 57.7 Å². The molecule has 0 radical (unpaired) electrons. The smallest absolute Gasteiger partial charge is 0.410 e. The molecule has 7 heteroatoms. The van der Waals surface area contributed by atoms with Crippen molar-refractivity contribution in [2.75, 3.05) is 31.5 Å². The lowest BCUT2D eigenvalue weighted by Crippen LogP contribution is -2.41. The Morgan fingerprint density at radius 3 is 2.61 bits per heavy atom. The molecular weight excluding hydrogens is 312 g/mol. The van der Waals surface area contributed by atoms with E-state index in [9.17, 15) is 4.79 Å². The molecule has 0 aromatic carbocycles. The van der Waals surface area contributed by atoms with E-state index in [1.165, 1.54) is 0 Å².